The zero-order valence-electron chi connectivity index (χ0n) is 9.58. The molecular weight excluding hydrogens is 307 g/mol. The van der Waals surface area contributed by atoms with E-state index in [-0.39, 0.29) is 17.0 Å². The van der Waals surface area contributed by atoms with Gasteiger partial charge in [-0.05, 0) is 18.2 Å². The Bertz CT molecular complexity index is 599. The molecule has 0 heterocycles. The number of hydrogen-bond acceptors (Lipinski definition) is 3. The van der Waals surface area contributed by atoms with E-state index >= 15 is 0 Å². The molecule has 0 fully saturated rings. The van der Waals surface area contributed by atoms with Gasteiger partial charge in [-0.1, -0.05) is 18.5 Å². The second-order valence-electron chi connectivity index (χ2n) is 3.52. The van der Waals surface area contributed by atoms with Crippen LogP contribution in [-0.2, 0) is 10.0 Å². The maximum atomic E-state index is 12.3. The molecule has 0 unspecified atom stereocenters. The highest BCUT2D eigenvalue weighted by Crippen LogP contribution is 2.28. The first kappa shape index (κ1) is 15.8. The molecule has 0 aliphatic carbocycles. The lowest BCUT2D eigenvalue weighted by molar-refractivity contribution is -0.0429. The molecule has 1 aromatic rings. The summed E-state index contributed by atoms with van der Waals surface area (Å²) in [4.78, 5) is 11.5. The van der Waals surface area contributed by atoms with E-state index in [0.717, 1.165) is 12.1 Å². The van der Waals surface area contributed by atoms with Gasteiger partial charge < -0.3 is 0 Å². The van der Waals surface area contributed by atoms with Crippen molar-refractivity contribution in [3.05, 3.63) is 28.8 Å². The van der Waals surface area contributed by atoms with Gasteiger partial charge in [0.1, 0.15) is 0 Å². The summed E-state index contributed by atoms with van der Waals surface area (Å²) in [7, 11) is -5.57. The van der Waals surface area contributed by atoms with Crippen molar-refractivity contribution in [3.8, 4) is 0 Å². The van der Waals surface area contributed by atoms with Crippen molar-refractivity contribution in [2.45, 2.75) is 18.9 Å². The molecule has 0 atom stereocenters. The molecule has 0 spiro atoms. The lowest BCUT2D eigenvalue weighted by Crippen LogP contribution is -2.30. The number of carbonyl (C=O) groups is 1. The van der Waals surface area contributed by atoms with E-state index in [1.165, 1.54) is 17.7 Å². The van der Waals surface area contributed by atoms with E-state index in [0.29, 0.717) is 0 Å². The fourth-order valence-corrected chi connectivity index (χ4v) is 1.98. The molecule has 0 aliphatic heterocycles. The molecule has 0 aromatic heterocycles. The third-order valence-electron chi connectivity index (χ3n) is 2.15. The lowest BCUT2D eigenvalue weighted by Gasteiger charge is -2.13. The molecule has 0 aliphatic rings. The standard InChI is InChI=1S/C10H9ClF3NO3S/c1-2-9(16)7-5-6(11)3-4-8(7)15-19(17,18)10(12,13)14/h3-5,15H,2H2,1H3. The first-order valence-corrected chi connectivity index (χ1v) is 6.86. The van der Waals surface area contributed by atoms with E-state index < -0.39 is 27.0 Å². The van der Waals surface area contributed by atoms with Crippen LogP contribution in [0.25, 0.3) is 0 Å². The molecule has 19 heavy (non-hydrogen) atoms. The summed E-state index contributed by atoms with van der Waals surface area (Å²) in [5.41, 5.74) is -6.12. The Labute approximate surface area is 112 Å². The summed E-state index contributed by atoms with van der Waals surface area (Å²) in [5, 5.41) is 0.117. The van der Waals surface area contributed by atoms with Crippen LogP contribution in [0.1, 0.15) is 23.7 Å². The van der Waals surface area contributed by atoms with E-state index in [4.69, 9.17) is 11.6 Å². The van der Waals surface area contributed by atoms with E-state index in [1.807, 2.05) is 0 Å². The summed E-state index contributed by atoms with van der Waals surface area (Å²) in [5.74, 6) is -0.526. The first-order chi connectivity index (χ1) is 8.58. The quantitative estimate of drug-likeness (QED) is 0.868. The minimum atomic E-state index is -5.57. The molecule has 1 N–H and O–H groups in total. The van der Waals surface area contributed by atoms with Crippen molar-refractivity contribution in [1.82, 2.24) is 0 Å². The summed E-state index contributed by atoms with van der Waals surface area (Å²) < 4.78 is 60.1. The third kappa shape index (κ3) is 3.60. The predicted octanol–water partition coefficient (Wildman–Crippen LogP) is 3.19. The van der Waals surface area contributed by atoms with Gasteiger partial charge in [-0.15, -0.1) is 0 Å². The minimum absolute atomic E-state index is 0.00108. The Kier molecular flexibility index (Phi) is 4.46. The molecule has 106 valence electrons. The van der Waals surface area contributed by atoms with Crippen LogP contribution in [0.5, 0.6) is 0 Å². The third-order valence-corrected chi connectivity index (χ3v) is 3.49. The van der Waals surface area contributed by atoms with Crippen LogP contribution in [-0.4, -0.2) is 19.7 Å². The molecule has 1 aromatic carbocycles. The topological polar surface area (TPSA) is 63.2 Å². The Balaban J connectivity index is 3.26. The van der Waals surface area contributed by atoms with Crippen LogP contribution >= 0.6 is 11.6 Å². The number of nitrogens with one attached hydrogen (secondary N) is 1. The van der Waals surface area contributed by atoms with Crippen LogP contribution in [0.2, 0.25) is 5.02 Å². The highest BCUT2D eigenvalue weighted by molar-refractivity contribution is 7.93. The largest absolute Gasteiger partial charge is 0.516 e. The number of anilines is 1. The molecule has 0 saturated heterocycles. The van der Waals surface area contributed by atoms with Gasteiger partial charge in [-0.3, -0.25) is 9.52 Å². The molecule has 0 saturated carbocycles. The van der Waals surface area contributed by atoms with E-state index in [9.17, 15) is 26.4 Å². The lowest BCUT2D eigenvalue weighted by atomic mass is 10.1. The van der Waals surface area contributed by atoms with Gasteiger partial charge in [0.15, 0.2) is 5.78 Å². The first-order valence-electron chi connectivity index (χ1n) is 5.00. The zero-order chi connectivity index (χ0) is 14.8. The highest BCUT2D eigenvalue weighted by Gasteiger charge is 2.46. The van der Waals surface area contributed by atoms with Crippen LogP contribution in [0, 0.1) is 0 Å². The van der Waals surface area contributed by atoms with Gasteiger partial charge in [0.2, 0.25) is 0 Å². The Morgan fingerprint density at radius 3 is 2.42 bits per heavy atom. The van der Waals surface area contributed by atoms with Crippen LogP contribution < -0.4 is 4.72 Å². The molecule has 4 nitrogen and oxygen atoms in total. The maximum absolute atomic E-state index is 12.3. The van der Waals surface area contributed by atoms with Crippen molar-refractivity contribution in [1.29, 1.82) is 0 Å². The van der Waals surface area contributed by atoms with Crippen molar-refractivity contribution >= 4 is 33.1 Å². The van der Waals surface area contributed by atoms with Gasteiger partial charge in [-0.25, -0.2) is 0 Å². The Hall–Kier alpha value is -1.28. The average molecular weight is 316 g/mol. The average Bonchev–Trinajstić information content (AvgIpc) is 2.28. The Morgan fingerprint density at radius 2 is 1.95 bits per heavy atom. The number of Topliss-reactive ketones (excluding diaryl/α,β-unsaturated/α-hetero) is 1. The normalized spacial score (nSPS) is 12.3. The maximum Gasteiger partial charge on any atom is 0.516 e. The predicted molar refractivity (Wildman–Crippen MR) is 64.7 cm³/mol. The van der Waals surface area contributed by atoms with Gasteiger partial charge >= 0.3 is 15.5 Å². The van der Waals surface area contributed by atoms with Crippen LogP contribution in [0.3, 0.4) is 0 Å². The van der Waals surface area contributed by atoms with Gasteiger partial charge in [0.05, 0.1) is 5.69 Å². The molecule has 1 rings (SSSR count). The van der Waals surface area contributed by atoms with Crippen molar-refractivity contribution in [2.75, 3.05) is 4.72 Å². The minimum Gasteiger partial charge on any atom is -0.294 e. The smallest absolute Gasteiger partial charge is 0.294 e. The monoisotopic (exact) mass is 315 g/mol. The van der Waals surface area contributed by atoms with Crippen LogP contribution in [0.15, 0.2) is 18.2 Å². The molecule has 0 amide bonds. The van der Waals surface area contributed by atoms with E-state index in [2.05, 4.69) is 0 Å². The van der Waals surface area contributed by atoms with Gasteiger partial charge in [-0.2, -0.15) is 21.6 Å². The zero-order valence-corrected chi connectivity index (χ0v) is 11.2. The van der Waals surface area contributed by atoms with E-state index in [1.54, 1.807) is 0 Å². The number of benzene rings is 1. The number of sulfonamides is 1. The fourth-order valence-electron chi connectivity index (χ4n) is 1.23. The van der Waals surface area contributed by atoms with Crippen LogP contribution in [0.4, 0.5) is 18.9 Å². The summed E-state index contributed by atoms with van der Waals surface area (Å²) in [6.45, 7) is 1.49. The second-order valence-corrected chi connectivity index (χ2v) is 5.63. The highest BCUT2D eigenvalue weighted by atomic mass is 35.5. The van der Waals surface area contributed by atoms with Gasteiger partial charge in [0.25, 0.3) is 0 Å². The number of alkyl halides is 3. The van der Waals surface area contributed by atoms with Gasteiger partial charge in [0, 0.05) is 17.0 Å². The fraction of sp³-hybridized carbons (Fsp3) is 0.300. The van der Waals surface area contributed by atoms with Crippen molar-refractivity contribution < 1.29 is 26.4 Å². The van der Waals surface area contributed by atoms with Crippen molar-refractivity contribution in [3.63, 3.8) is 0 Å². The molecule has 9 heteroatoms. The summed E-state index contributed by atoms with van der Waals surface area (Å²) in [6, 6.07) is 3.30. The number of rotatable bonds is 4. The number of ketones is 1. The molecule has 0 radical (unpaired) electrons. The number of halogens is 4. The summed E-state index contributed by atoms with van der Waals surface area (Å²) >= 11 is 5.63. The molecular formula is C10H9ClF3NO3S. The SMILES string of the molecule is CCC(=O)c1cc(Cl)ccc1NS(=O)(=O)C(F)(F)F. The number of carbonyl (C=O) groups excluding carboxylic acids is 1. The Morgan fingerprint density at radius 1 is 1.37 bits per heavy atom. The summed E-state index contributed by atoms with van der Waals surface area (Å²) in [6.07, 6.45) is 0.00108. The second kappa shape index (κ2) is 5.38. The molecule has 0 bridgehead atoms. The van der Waals surface area contributed by atoms with Crippen molar-refractivity contribution in [2.24, 2.45) is 0 Å². The number of hydrogen-bond donors (Lipinski definition) is 1.